The molecule has 0 saturated carbocycles. The number of benzene rings is 1. The number of hydrogen-bond donors (Lipinski definition) is 1. The Balaban J connectivity index is 1.56. The van der Waals surface area contributed by atoms with Gasteiger partial charge in [-0.15, -0.1) is 0 Å². The fourth-order valence-electron chi connectivity index (χ4n) is 4.42. The molecule has 0 aromatic heterocycles. The number of piperidine rings is 2. The zero-order chi connectivity index (χ0) is 18.4. The Labute approximate surface area is 155 Å². The molecule has 2 aliphatic heterocycles. The van der Waals surface area contributed by atoms with E-state index in [0.29, 0.717) is 30.1 Å². The molecule has 5 heteroatoms. The largest absolute Gasteiger partial charge is 0.493 e. The van der Waals surface area contributed by atoms with Gasteiger partial charge in [0.15, 0.2) is 11.5 Å². The number of carbonyl (C=O) groups is 1. The van der Waals surface area contributed by atoms with Crippen LogP contribution in [0.15, 0.2) is 24.3 Å². The van der Waals surface area contributed by atoms with Crippen molar-refractivity contribution < 1.29 is 23.9 Å². The summed E-state index contributed by atoms with van der Waals surface area (Å²) in [5, 5.41) is 0. The highest BCUT2D eigenvalue weighted by Gasteiger charge is 2.36. The quantitative estimate of drug-likeness (QED) is 0.624. The third-order valence-electron chi connectivity index (χ3n) is 5.70. The van der Waals surface area contributed by atoms with Gasteiger partial charge in [-0.25, -0.2) is 4.79 Å². The van der Waals surface area contributed by atoms with Gasteiger partial charge in [-0.2, -0.15) is 0 Å². The van der Waals surface area contributed by atoms with Crippen LogP contribution >= 0.6 is 0 Å². The minimum Gasteiger partial charge on any atom is -0.493 e. The molecule has 5 nitrogen and oxygen atoms in total. The Morgan fingerprint density at radius 3 is 2.81 bits per heavy atom. The van der Waals surface area contributed by atoms with Gasteiger partial charge in [0.2, 0.25) is 0 Å². The molecule has 3 rings (SSSR count). The molecule has 2 aliphatic rings. The monoisotopic (exact) mass is 360 g/mol. The van der Waals surface area contributed by atoms with Gasteiger partial charge in [0.1, 0.15) is 6.61 Å². The van der Waals surface area contributed by atoms with E-state index >= 15 is 0 Å². The van der Waals surface area contributed by atoms with Crippen LogP contribution in [0.3, 0.4) is 0 Å². The molecule has 3 atom stereocenters. The Kier molecular flexibility index (Phi) is 6.56. The van der Waals surface area contributed by atoms with Gasteiger partial charge in [-0.1, -0.05) is 12.1 Å². The SMILES string of the molecule is COc1cccc(/C=C/C(=O)OC[C@@H]2CCC[NH+]3CCCC[C@H]23)c1OC. The molecular formula is C21H30NO4+. The molecule has 2 fully saturated rings. The van der Waals surface area contributed by atoms with Gasteiger partial charge in [0, 0.05) is 17.6 Å². The smallest absolute Gasteiger partial charge is 0.330 e. The first-order valence-electron chi connectivity index (χ1n) is 9.63. The maximum absolute atomic E-state index is 12.2. The second-order valence-corrected chi connectivity index (χ2v) is 7.21. The van der Waals surface area contributed by atoms with Crippen molar-refractivity contribution in [3.8, 4) is 11.5 Å². The van der Waals surface area contributed by atoms with Crippen molar-refractivity contribution >= 4 is 12.0 Å². The maximum atomic E-state index is 12.2. The van der Waals surface area contributed by atoms with E-state index in [-0.39, 0.29) is 5.97 Å². The highest BCUT2D eigenvalue weighted by molar-refractivity contribution is 5.87. The first-order valence-corrected chi connectivity index (χ1v) is 9.63. The zero-order valence-corrected chi connectivity index (χ0v) is 15.8. The summed E-state index contributed by atoms with van der Waals surface area (Å²) in [7, 11) is 3.19. The average Bonchev–Trinajstić information content (AvgIpc) is 2.70. The molecule has 2 heterocycles. The summed E-state index contributed by atoms with van der Waals surface area (Å²) in [6.07, 6.45) is 9.54. The summed E-state index contributed by atoms with van der Waals surface area (Å²) in [5.41, 5.74) is 0.796. The van der Waals surface area contributed by atoms with Crippen LogP contribution in [-0.4, -0.2) is 45.9 Å². The maximum Gasteiger partial charge on any atom is 0.330 e. The third-order valence-corrected chi connectivity index (χ3v) is 5.70. The fourth-order valence-corrected chi connectivity index (χ4v) is 4.42. The molecule has 2 saturated heterocycles. The van der Waals surface area contributed by atoms with Crippen molar-refractivity contribution in [2.24, 2.45) is 5.92 Å². The predicted octanol–water partition coefficient (Wildman–Crippen LogP) is 2.11. The summed E-state index contributed by atoms with van der Waals surface area (Å²) in [4.78, 5) is 13.9. The molecule has 142 valence electrons. The molecular weight excluding hydrogens is 330 g/mol. The van der Waals surface area contributed by atoms with Crippen LogP contribution in [0.25, 0.3) is 6.08 Å². The van der Waals surface area contributed by atoms with Crippen molar-refractivity contribution in [3.05, 3.63) is 29.8 Å². The Hall–Kier alpha value is -2.01. The van der Waals surface area contributed by atoms with Gasteiger partial charge in [0.25, 0.3) is 0 Å². The van der Waals surface area contributed by atoms with Crippen LogP contribution in [0.4, 0.5) is 0 Å². The lowest BCUT2D eigenvalue weighted by Gasteiger charge is -2.40. The van der Waals surface area contributed by atoms with Crippen LogP contribution in [0, 0.1) is 5.92 Å². The van der Waals surface area contributed by atoms with E-state index in [1.165, 1.54) is 51.3 Å². The Morgan fingerprint density at radius 2 is 2.00 bits per heavy atom. The number of ether oxygens (including phenoxy) is 3. The molecule has 1 aromatic rings. The first-order chi connectivity index (χ1) is 12.7. The lowest BCUT2D eigenvalue weighted by molar-refractivity contribution is -0.940. The number of para-hydroxylation sites is 1. The van der Waals surface area contributed by atoms with Gasteiger partial charge < -0.3 is 19.1 Å². The Morgan fingerprint density at radius 1 is 1.15 bits per heavy atom. The second kappa shape index (κ2) is 9.08. The van der Waals surface area contributed by atoms with E-state index in [9.17, 15) is 4.79 Å². The number of fused-ring (bicyclic) bond motifs is 1. The summed E-state index contributed by atoms with van der Waals surface area (Å²) in [5.74, 6) is 1.47. The van der Waals surface area contributed by atoms with Crippen molar-refractivity contribution in [1.29, 1.82) is 0 Å². The molecule has 1 aromatic carbocycles. The van der Waals surface area contributed by atoms with Gasteiger partial charge >= 0.3 is 5.97 Å². The van der Waals surface area contributed by atoms with Crippen LogP contribution in [0.5, 0.6) is 11.5 Å². The van der Waals surface area contributed by atoms with Gasteiger partial charge in [-0.3, -0.25) is 0 Å². The molecule has 0 amide bonds. The molecule has 1 unspecified atom stereocenters. The topological polar surface area (TPSA) is 49.2 Å². The third kappa shape index (κ3) is 4.39. The van der Waals surface area contributed by atoms with Crippen molar-refractivity contribution in [2.75, 3.05) is 33.9 Å². The molecule has 0 aliphatic carbocycles. The lowest BCUT2D eigenvalue weighted by atomic mass is 9.84. The van der Waals surface area contributed by atoms with Gasteiger partial charge in [0.05, 0.1) is 33.4 Å². The minimum absolute atomic E-state index is 0.294. The van der Waals surface area contributed by atoms with E-state index < -0.39 is 0 Å². The molecule has 0 bridgehead atoms. The fraction of sp³-hybridized carbons (Fsp3) is 0.571. The minimum atomic E-state index is -0.294. The number of rotatable bonds is 6. The molecule has 0 spiro atoms. The molecule has 0 radical (unpaired) electrons. The van der Waals surface area contributed by atoms with E-state index in [2.05, 4.69) is 0 Å². The first kappa shape index (κ1) is 18.8. The van der Waals surface area contributed by atoms with E-state index in [0.717, 1.165) is 5.56 Å². The van der Waals surface area contributed by atoms with Crippen LogP contribution in [0.1, 0.15) is 37.7 Å². The van der Waals surface area contributed by atoms with E-state index in [1.807, 2.05) is 18.2 Å². The Bertz CT molecular complexity index is 641. The van der Waals surface area contributed by atoms with E-state index in [1.54, 1.807) is 25.2 Å². The number of esters is 1. The summed E-state index contributed by atoms with van der Waals surface area (Å²) in [6, 6.07) is 6.26. The number of methoxy groups -OCH3 is 2. The van der Waals surface area contributed by atoms with Crippen LogP contribution in [0.2, 0.25) is 0 Å². The zero-order valence-electron chi connectivity index (χ0n) is 15.8. The number of carbonyl (C=O) groups excluding carboxylic acids is 1. The highest BCUT2D eigenvalue weighted by atomic mass is 16.5. The van der Waals surface area contributed by atoms with Crippen molar-refractivity contribution in [2.45, 2.75) is 38.1 Å². The summed E-state index contributed by atoms with van der Waals surface area (Å²) >= 11 is 0. The van der Waals surface area contributed by atoms with Crippen molar-refractivity contribution in [1.82, 2.24) is 0 Å². The lowest BCUT2D eigenvalue weighted by Crippen LogP contribution is -3.18. The molecule has 1 N–H and O–H groups in total. The summed E-state index contributed by atoms with van der Waals surface area (Å²) in [6.45, 7) is 3.10. The second-order valence-electron chi connectivity index (χ2n) is 7.21. The summed E-state index contributed by atoms with van der Waals surface area (Å²) < 4.78 is 16.2. The van der Waals surface area contributed by atoms with Gasteiger partial charge in [-0.05, 0) is 44.2 Å². The predicted molar refractivity (Wildman–Crippen MR) is 101 cm³/mol. The normalized spacial score (nSPS) is 25.5. The standard InChI is InChI=1S/C21H29NO4/c1-24-19-10-5-7-16(21(19)25-2)11-12-20(23)26-15-17-8-6-14-22-13-4-3-9-18(17)22/h5,7,10-12,17-18H,3-4,6,8-9,13-15H2,1-2H3/p+1/b12-11+/t17-,18+/m0/s1. The average molecular weight is 360 g/mol. The number of nitrogens with one attached hydrogen (secondary N) is 1. The van der Waals surface area contributed by atoms with Crippen LogP contribution in [-0.2, 0) is 9.53 Å². The number of quaternary nitrogens is 1. The van der Waals surface area contributed by atoms with Crippen LogP contribution < -0.4 is 14.4 Å². The highest BCUT2D eigenvalue weighted by Crippen LogP contribution is 2.31. The molecule has 26 heavy (non-hydrogen) atoms. The van der Waals surface area contributed by atoms with Crippen molar-refractivity contribution in [3.63, 3.8) is 0 Å². The number of hydrogen-bond acceptors (Lipinski definition) is 4. The van der Waals surface area contributed by atoms with E-state index in [4.69, 9.17) is 14.2 Å².